The summed E-state index contributed by atoms with van der Waals surface area (Å²) in [6.07, 6.45) is -0.998. The molecule has 0 heterocycles. The predicted octanol–water partition coefficient (Wildman–Crippen LogP) is 1.78. The second kappa shape index (κ2) is 7.38. The van der Waals surface area contributed by atoms with Crippen LogP contribution in [-0.4, -0.2) is 39.0 Å². The molecule has 136 valence electrons. The predicted molar refractivity (Wildman–Crippen MR) is 86.7 cm³/mol. The maximum atomic E-state index is 14.3. The molecule has 0 fully saturated rings. The Morgan fingerprint density at radius 1 is 1.15 bits per heavy atom. The minimum atomic E-state index is -2.49. The minimum absolute atomic E-state index is 0.0174. The number of benzene rings is 2. The van der Waals surface area contributed by atoms with Gasteiger partial charge < -0.3 is 5.11 Å². The smallest absolute Gasteiger partial charge is 0.313 e. The maximum Gasteiger partial charge on any atom is 0.313 e. The van der Waals surface area contributed by atoms with Crippen molar-refractivity contribution in [2.45, 2.75) is 12.0 Å². The highest BCUT2D eigenvalue weighted by Crippen LogP contribution is 2.39. The van der Waals surface area contributed by atoms with E-state index in [0.29, 0.717) is 0 Å². The molecule has 2 aromatic carbocycles. The molecule has 0 aliphatic carbocycles. The molecule has 0 saturated carbocycles. The number of para-hydroxylation sites is 1. The number of hydroxylamine groups is 2. The summed E-state index contributed by atoms with van der Waals surface area (Å²) in [5.41, 5.74) is -3.79. The number of hydrogen-bond donors (Lipinski definition) is 2. The Hall–Kier alpha value is -3.17. The molecule has 2 aromatic rings. The monoisotopic (exact) mass is 362 g/mol. The molecule has 8 nitrogen and oxygen atoms in total. The number of nitro benzene ring substituents is 1. The highest BCUT2D eigenvalue weighted by atomic mass is 19.1. The fraction of sp³-hybridized carbons (Fsp3) is 0.176. The van der Waals surface area contributed by atoms with E-state index in [-0.39, 0.29) is 10.6 Å². The molecule has 1 unspecified atom stereocenters. The molecule has 26 heavy (non-hydrogen) atoms. The topological polar surface area (TPSA) is 121 Å². The van der Waals surface area contributed by atoms with E-state index in [1.54, 1.807) is 0 Å². The van der Waals surface area contributed by atoms with E-state index in [1.165, 1.54) is 30.3 Å². The van der Waals surface area contributed by atoms with Crippen LogP contribution in [0.3, 0.4) is 0 Å². The number of aliphatic hydroxyl groups is 1. The van der Waals surface area contributed by atoms with Crippen LogP contribution in [0.25, 0.3) is 0 Å². The standard InChI is InChI=1S/C17H15FN2O6/c1-19(24)16(22)15(21)10-17(23,11-6-2-4-8-13(11)18)12-7-3-5-9-14(12)20(25)26/h2-9,23-24H,10H2,1H3. The van der Waals surface area contributed by atoms with Crippen LogP contribution in [0.4, 0.5) is 10.1 Å². The van der Waals surface area contributed by atoms with Crippen molar-refractivity contribution in [2.75, 3.05) is 7.05 Å². The largest absolute Gasteiger partial charge is 0.380 e. The Kier molecular flexibility index (Phi) is 5.44. The van der Waals surface area contributed by atoms with Gasteiger partial charge in [-0.2, -0.15) is 0 Å². The Bertz CT molecular complexity index is 870. The van der Waals surface area contributed by atoms with E-state index in [2.05, 4.69) is 0 Å². The maximum absolute atomic E-state index is 14.3. The highest BCUT2D eigenvalue weighted by molar-refractivity contribution is 6.35. The summed E-state index contributed by atoms with van der Waals surface area (Å²) in [6, 6.07) is 9.87. The van der Waals surface area contributed by atoms with Crippen molar-refractivity contribution >= 4 is 17.4 Å². The number of ketones is 1. The van der Waals surface area contributed by atoms with E-state index >= 15 is 0 Å². The molecule has 0 bridgehead atoms. The van der Waals surface area contributed by atoms with E-state index in [0.717, 1.165) is 25.2 Å². The van der Waals surface area contributed by atoms with Crippen molar-refractivity contribution in [3.63, 3.8) is 0 Å². The summed E-state index contributed by atoms with van der Waals surface area (Å²) >= 11 is 0. The molecule has 1 amide bonds. The fourth-order valence-corrected chi connectivity index (χ4v) is 2.60. The zero-order valence-electron chi connectivity index (χ0n) is 13.6. The van der Waals surface area contributed by atoms with Gasteiger partial charge in [-0.25, -0.2) is 9.45 Å². The zero-order valence-corrected chi connectivity index (χ0v) is 13.6. The molecule has 0 radical (unpaired) electrons. The van der Waals surface area contributed by atoms with Gasteiger partial charge in [0.05, 0.1) is 16.9 Å². The number of halogens is 1. The summed E-state index contributed by atoms with van der Waals surface area (Å²) in [7, 11) is 0.910. The second-order valence-electron chi connectivity index (χ2n) is 5.54. The van der Waals surface area contributed by atoms with Crippen LogP contribution >= 0.6 is 0 Å². The van der Waals surface area contributed by atoms with Crippen molar-refractivity contribution in [1.82, 2.24) is 5.06 Å². The van der Waals surface area contributed by atoms with Gasteiger partial charge in [-0.1, -0.05) is 30.3 Å². The number of hydrogen-bond acceptors (Lipinski definition) is 6. The van der Waals surface area contributed by atoms with Gasteiger partial charge in [0.25, 0.3) is 5.69 Å². The molecular weight excluding hydrogens is 347 g/mol. The number of carbonyl (C=O) groups is 2. The lowest BCUT2D eigenvalue weighted by molar-refractivity contribution is -0.386. The van der Waals surface area contributed by atoms with E-state index in [1.807, 2.05) is 0 Å². The quantitative estimate of drug-likeness (QED) is 0.350. The first-order valence-electron chi connectivity index (χ1n) is 7.39. The van der Waals surface area contributed by atoms with Gasteiger partial charge in [-0.05, 0) is 12.1 Å². The van der Waals surface area contributed by atoms with Gasteiger partial charge in [-0.3, -0.25) is 24.9 Å². The second-order valence-corrected chi connectivity index (χ2v) is 5.54. The molecule has 0 spiro atoms. The third-order valence-electron chi connectivity index (χ3n) is 3.81. The third-order valence-corrected chi connectivity index (χ3v) is 3.81. The Morgan fingerprint density at radius 3 is 2.23 bits per heavy atom. The van der Waals surface area contributed by atoms with Gasteiger partial charge in [0.2, 0.25) is 5.78 Å². The molecule has 0 aromatic heterocycles. The van der Waals surface area contributed by atoms with Crippen LogP contribution in [0, 0.1) is 15.9 Å². The number of carbonyl (C=O) groups excluding carboxylic acids is 2. The summed E-state index contributed by atoms with van der Waals surface area (Å²) in [5, 5.41) is 31.6. The number of likely N-dealkylation sites (N-methyl/N-ethyl adjacent to an activating group) is 1. The molecule has 2 rings (SSSR count). The summed E-state index contributed by atoms with van der Waals surface area (Å²) < 4.78 is 14.3. The molecule has 9 heteroatoms. The third kappa shape index (κ3) is 3.58. The lowest BCUT2D eigenvalue weighted by Gasteiger charge is -2.28. The van der Waals surface area contributed by atoms with Crippen LogP contribution < -0.4 is 0 Å². The van der Waals surface area contributed by atoms with Gasteiger partial charge in [0.1, 0.15) is 11.4 Å². The van der Waals surface area contributed by atoms with Crippen molar-refractivity contribution in [1.29, 1.82) is 0 Å². The molecule has 2 N–H and O–H groups in total. The van der Waals surface area contributed by atoms with E-state index in [4.69, 9.17) is 5.21 Å². The Labute approximate surface area is 147 Å². The number of amides is 1. The molecule has 0 aliphatic rings. The van der Waals surface area contributed by atoms with Gasteiger partial charge in [-0.15, -0.1) is 0 Å². The first kappa shape index (κ1) is 19.2. The average Bonchev–Trinajstić information content (AvgIpc) is 2.61. The van der Waals surface area contributed by atoms with Gasteiger partial charge in [0, 0.05) is 18.7 Å². The Balaban J connectivity index is 2.68. The van der Waals surface area contributed by atoms with Crippen LogP contribution in [0.2, 0.25) is 0 Å². The number of nitro groups is 1. The summed E-state index contributed by atoms with van der Waals surface area (Å²) in [5.74, 6) is -3.51. The normalized spacial score (nSPS) is 12.9. The summed E-state index contributed by atoms with van der Waals surface area (Å²) in [6.45, 7) is 0. The lowest BCUT2D eigenvalue weighted by Crippen LogP contribution is -2.38. The molecule has 0 aliphatic heterocycles. The van der Waals surface area contributed by atoms with Crippen LogP contribution in [0.5, 0.6) is 0 Å². The van der Waals surface area contributed by atoms with Crippen molar-refractivity contribution in [3.8, 4) is 0 Å². The minimum Gasteiger partial charge on any atom is -0.380 e. The van der Waals surface area contributed by atoms with Crippen molar-refractivity contribution in [3.05, 3.63) is 75.6 Å². The van der Waals surface area contributed by atoms with Crippen LogP contribution in [-0.2, 0) is 15.2 Å². The van der Waals surface area contributed by atoms with Crippen LogP contribution in [0.1, 0.15) is 17.5 Å². The first-order valence-corrected chi connectivity index (χ1v) is 7.39. The van der Waals surface area contributed by atoms with E-state index in [9.17, 15) is 29.2 Å². The SMILES string of the molecule is CN(O)C(=O)C(=O)CC(O)(c1ccccc1F)c1ccccc1[N+](=O)[O-]. The number of rotatable bonds is 6. The zero-order chi connectivity index (χ0) is 19.5. The van der Waals surface area contributed by atoms with E-state index < -0.39 is 45.7 Å². The number of Topliss-reactive ketones (excluding diaryl/α,β-unsaturated/α-hetero) is 1. The van der Waals surface area contributed by atoms with Gasteiger partial charge in [0.15, 0.2) is 0 Å². The molecule has 1 atom stereocenters. The fourth-order valence-electron chi connectivity index (χ4n) is 2.60. The average molecular weight is 362 g/mol. The van der Waals surface area contributed by atoms with Crippen molar-refractivity contribution in [2.24, 2.45) is 0 Å². The van der Waals surface area contributed by atoms with Crippen LogP contribution in [0.15, 0.2) is 48.5 Å². The first-order chi connectivity index (χ1) is 12.2. The number of nitrogens with zero attached hydrogens (tertiary/aromatic N) is 2. The summed E-state index contributed by atoms with van der Waals surface area (Å²) in [4.78, 5) is 34.3. The highest BCUT2D eigenvalue weighted by Gasteiger charge is 2.42. The Morgan fingerprint density at radius 2 is 1.69 bits per heavy atom. The van der Waals surface area contributed by atoms with Gasteiger partial charge >= 0.3 is 5.91 Å². The lowest BCUT2D eigenvalue weighted by atomic mass is 9.81. The molecule has 0 saturated heterocycles. The van der Waals surface area contributed by atoms with Crippen molar-refractivity contribution < 1.29 is 29.2 Å². The molecular formula is C17H15FN2O6.